The first-order valence-corrected chi connectivity index (χ1v) is 4.60. The van der Waals surface area contributed by atoms with Gasteiger partial charge in [0, 0.05) is 24.1 Å². The zero-order valence-electron chi connectivity index (χ0n) is 8.81. The lowest BCUT2D eigenvalue weighted by Crippen LogP contribution is -2.39. The molecule has 1 aromatic rings. The van der Waals surface area contributed by atoms with Gasteiger partial charge in [0.15, 0.2) is 0 Å². The first kappa shape index (κ1) is 13.7. The molecular formula is C10H10F5NO. The molecule has 0 saturated heterocycles. The average molecular weight is 255 g/mol. The highest BCUT2D eigenvalue weighted by Crippen LogP contribution is 2.26. The first-order valence-electron chi connectivity index (χ1n) is 4.60. The molecule has 0 bridgehead atoms. The number of nitrogens with two attached hydrogens (primary N) is 1. The molecule has 0 saturated carbocycles. The molecule has 0 aromatic heterocycles. The predicted molar refractivity (Wildman–Crippen MR) is 50.6 cm³/mol. The van der Waals surface area contributed by atoms with E-state index in [1.807, 2.05) is 0 Å². The highest BCUT2D eigenvalue weighted by Gasteiger charge is 2.37. The molecule has 7 heteroatoms. The second kappa shape index (κ2) is 4.87. The van der Waals surface area contributed by atoms with Crippen LogP contribution < -0.4 is 10.5 Å². The van der Waals surface area contributed by atoms with Crippen LogP contribution in [0.4, 0.5) is 22.0 Å². The van der Waals surface area contributed by atoms with E-state index < -0.39 is 35.8 Å². The van der Waals surface area contributed by atoms with Gasteiger partial charge in [-0.15, -0.1) is 0 Å². The molecule has 1 rings (SSSR count). The van der Waals surface area contributed by atoms with Gasteiger partial charge in [-0.1, -0.05) is 0 Å². The van der Waals surface area contributed by atoms with Crippen LogP contribution in [0.15, 0.2) is 12.1 Å². The Balaban J connectivity index is 3.00. The van der Waals surface area contributed by atoms with Crippen LogP contribution in [-0.2, 0) is 6.42 Å². The van der Waals surface area contributed by atoms with Gasteiger partial charge in [0.1, 0.15) is 23.4 Å². The van der Waals surface area contributed by atoms with Gasteiger partial charge in [-0.2, -0.15) is 13.2 Å². The monoisotopic (exact) mass is 255 g/mol. The van der Waals surface area contributed by atoms with Crippen molar-refractivity contribution in [2.75, 3.05) is 7.11 Å². The molecule has 0 heterocycles. The molecule has 0 aliphatic carbocycles. The Labute approximate surface area is 94.2 Å². The summed E-state index contributed by atoms with van der Waals surface area (Å²) in [6.07, 6.45) is -5.65. The molecule has 1 aromatic carbocycles. The molecule has 2 N–H and O–H groups in total. The first-order chi connectivity index (χ1) is 7.75. The largest absolute Gasteiger partial charge is 0.497 e. The number of hydrogen-bond donors (Lipinski definition) is 1. The Bertz CT molecular complexity index is 381. The fourth-order valence-electron chi connectivity index (χ4n) is 1.23. The summed E-state index contributed by atoms with van der Waals surface area (Å²) in [5, 5.41) is 0. The zero-order chi connectivity index (χ0) is 13.2. The average Bonchev–Trinajstić information content (AvgIpc) is 2.21. The fraction of sp³-hybridized carbons (Fsp3) is 0.400. The van der Waals surface area contributed by atoms with Crippen LogP contribution in [0, 0.1) is 11.6 Å². The third-order valence-corrected chi connectivity index (χ3v) is 2.19. The Morgan fingerprint density at radius 2 is 1.71 bits per heavy atom. The molecule has 0 radical (unpaired) electrons. The second-order valence-corrected chi connectivity index (χ2v) is 3.42. The van der Waals surface area contributed by atoms with Gasteiger partial charge in [0.05, 0.1) is 7.11 Å². The molecule has 0 amide bonds. The fourth-order valence-corrected chi connectivity index (χ4v) is 1.23. The van der Waals surface area contributed by atoms with Crippen molar-refractivity contribution in [1.82, 2.24) is 0 Å². The van der Waals surface area contributed by atoms with Crippen molar-refractivity contribution < 1.29 is 26.7 Å². The van der Waals surface area contributed by atoms with Gasteiger partial charge in [0.2, 0.25) is 0 Å². The summed E-state index contributed by atoms with van der Waals surface area (Å²) in [6, 6.07) is -0.692. The molecule has 0 aliphatic heterocycles. The normalized spacial score (nSPS) is 13.6. The van der Waals surface area contributed by atoms with Crippen LogP contribution in [0.25, 0.3) is 0 Å². The maximum Gasteiger partial charge on any atom is 0.403 e. The summed E-state index contributed by atoms with van der Waals surface area (Å²) in [6.45, 7) is 0. The van der Waals surface area contributed by atoms with Crippen LogP contribution in [-0.4, -0.2) is 19.3 Å². The van der Waals surface area contributed by atoms with E-state index in [1.54, 1.807) is 0 Å². The maximum atomic E-state index is 13.3. The van der Waals surface area contributed by atoms with Gasteiger partial charge in [-0.05, 0) is 0 Å². The highest BCUT2D eigenvalue weighted by atomic mass is 19.4. The smallest absolute Gasteiger partial charge is 0.403 e. The molecule has 0 aliphatic rings. The third kappa shape index (κ3) is 3.29. The van der Waals surface area contributed by atoms with Gasteiger partial charge in [-0.25, -0.2) is 8.78 Å². The van der Waals surface area contributed by atoms with Crippen LogP contribution in [0.3, 0.4) is 0 Å². The quantitative estimate of drug-likeness (QED) is 0.842. The van der Waals surface area contributed by atoms with Gasteiger partial charge < -0.3 is 10.5 Å². The Morgan fingerprint density at radius 1 is 1.24 bits per heavy atom. The summed E-state index contributed by atoms with van der Waals surface area (Å²) in [5.74, 6) is -2.33. The number of alkyl halides is 3. The van der Waals surface area contributed by atoms with Crippen LogP contribution >= 0.6 is 0 Å². The van der Waals surface area contributed by atoms with Gasteiger partial charge in [0.25, 0.3) is 0 Å². The van der Waals surface area contributed by atoms with E-state index in [9.17, 15) is 22.0 Å². The van der Waals surface area contributed by atoms with E-state index >= 15 is 0 Å². The maximum absolute atomic E-state index is 13.3. The number of ether oxygens (including phenoxy) is 1. The number of hydrogen-bond acceptors (Lipinski definition) is 2. The second-order valence-electron chi connectivity index (χ2n) is 3.42. The predicted octanol–water partition coefficient (Wildman–Crippen LogP) is 2.41. The lowest BCUT2D eigenvalue weighted by atomic mass is 10.0. The molecular weight excluding hydrogens is 245 g/mol. The number of halogens is 5. The molecule has 17 heavy (non-hydrogen) atoms. The summed E-state index contributed by atoms with van der Waals surface area (Å²) in [4.78, 5) is 0. The van der Waals surface area contributed by atoms with E-state index in [0.29, 0.717) is 0 Å². The Morgan fingerprint density at radius 3 is 2.06 bits per heavy atom. The van der Waals surface area contributed by atoms with Crippen molar-refractivity contribution in [1.29, 1.82) is 0 Å². The summed E-state index contributed by atoms with van der Waals surface area (Å²) < 4.78 is 67.6. The Hall–Kier alpha value is -1.37. The van der Waals surface area contributed by atoms with Crippen LogP contribution in [0.1, 0.15) is 5.56 Å². The van der Waals surface area contributed by atoms with Crippen molar-refractivity contribution in [2.45, 2.75) is 18.6 Å². The van der Waals surface area contributed by atoms with Crippen molar-refractivity contribution in [3.8, 4) is 5.75 Å². The molecule has 1 atom stereocenters. The van der Waals surface area contributed by atoms with Gasteiger partial charge in [-0.3, -0.25) is 0 Å². The van der Waals surface area contributed by atoms with Crippen molar-refractivity contribution in [2.24, 2.45) is 5.73 Å². The van der Waals surface area contributed by atoms with Crippen LogP contribution in [0.5, 0.6) is 5.75 Å². The SMILES string of the molecule is COc1cc(F)c(CC(N)C(F)(F)F)c(F)c1. The third-order valence-electron chi connectivity index (χ3n) is 2.19. The summed E-state index contributed by atoms with van der Waals surface area (Å²) in [5.41, 5.74) is 4.10. The molecule has 96 valence electrons. The summed E-state index contributed by atoms with van der Waals surface area (Å²) >= 11 is 0. The molecule has 0 spiro atoms. The standard InChI is InChI=1S/C10H10F5NO/c1-17-5-2-7(11)6(8(12)3-5)4-9(16)10(13,14)15/h2-3,9H,4,16H2,1H3. The zero-order valence-corrected chi connectivity index (χ0v) is 8.81. The number of rotatable bonds is 3. The van der Waals surface area contributed by atoms with E-state index in [4.69, 9.17) is 5.73 Å². The van der Waals surface area contributed by atoms with Crippen LogP contribution in [0.2, 0.25) is 0 Å². The minimum atomic E-state index is -4.70. The number of benzene rings is 1. The molecule has 1 unspecified atom stereocenters. The van der Waals surface area contributed by atoms with E-state index in [1.165, 1.54) is 7.11 Å². The minimum absolute atomic E-state index is 0.107. The van der Waals surface area contributed by atoms with E-state index in [-0.39, 0.29) is 5.75 Å². The van der Waals surface area contributed by atoms with E-state index in [2.05, 4.69) is 4.74 Å². The number of methoxy groups -OCH3 is 1. The van der Waals surface area contributed by atoms with Gasteiger partial charge >= 0.3 is 6.18 Å². The molecule has 0 fully saturated rings. The lowest BCUT2D eigenvalue weighted by molar-refractivity contribution is -0.147. The van der Waals surface area contributed by atoms with Crippen molar-refractivity contribution in [3.63, 3.8) is 0 Å². The lowest BCUT2D eigenvalue weighted by Gasteiger charge is -2.16. The minimum Gasteiger partial charge on any atom is -0.497 e. The van der Waals surface area contributed by atoms with Crippen molar-refractivity contribution >= 4 is 0 Å². The highest BCUT2D eigenvalue weighted by molar-refractivity contribution is 5.31. The summed E-state index contributed by atoms with van der Waals surface area (Å²) in [7, 11) is 1.19. The molecule has 2 nitrogen and oxygen atoms in total. The van der Waals surface area contributed by atoms with Crippen molar-refractivity contribution in [3.05, 3.63) is 29.3 Å². The Kier molecular flexibility index (Phi) is 3.92. The topological polar surface area (TPSA) is 35.2 Å². The van der Waals surface area contributed by atoms with E-state index in [0.717, 1.165) is 12.1 Å².